The van der Waals surface area contributed by atoms with Gasteiger partial charge in [-0.05, 0) is 42.4 Å². The first-order chi connectivity index (χ1) is 9.74. The minimum Gasteiger partial charge on any atom is -0.393 e. The number of aliphatic hydroxyl groups excluding tert-OH is 1. The largest absolute Gasteiger partial charge is 0.393 e. The maximum atomic E-state index is 10.4. The fourth-order valence-corrected chi connectivity index (χ4v) is 3.56. The molecule has 0 saturated heterocycles. The summed E-state index contributed by atoms with van der Waals surface area (Å²) >= 11 is 0. The monoisotopic (exact) mass is 299 g/mol. The van der Waals surface area contributed by atoms with Crippen LogP contribution in [0.3, 0.4) is 0 Å². The lowest BCUT2D eigenvalue weighted by Crippen LogP contribution is -2.43. The summed E-state index contributed by atoms with van der Waals surface area (Å²) in [6, 6.07) is 0. The van der Waals surface area contributed by atoms with E-state index >= 15 is 0 Å². The van der Waals surface area contributed by atoms with Gasteiger partial charge in [0.15, 0.2) is 0 Å². The molecule has 1 saturated carbocycles. The van der Waals surface area contributed by atoms with Crippen molar-refractivity contribution in [3.8, 4) is 0 Å². The lowest BCUT2D eigenvalue weighted by atomic mass is 9.68. The Morgan fingerprint density at radius 1 is 1.24 bits per heavy atom. The molecule has 0 aliphatic heterocycles. The summed E-state index contributed by atoms with van der Waals surface area (Å²) in [6.45, 7) is 15.4. The van der Waals surface area contributed by atoms with Crippen molar-refractivity contribution in [3.05, 3.63) is 0 Å². The summed E-state index contributed by atoms with van der Waals surface area (Å²) in [7, 11) is 1.76. The molecule has 0 spiro atoms. The van der Waals surface area contributed by atoms with Crippen LogP contribution >= 0.6 is 0 Å². The number of ether oxygens (including phenoxy) is 1. The van der Waals surface area contributed by atoms with Gasteiger partial charge in [-0.25, -0.2) is 0 Å². The molecule has 0 aromatic carbocycles. The van der Waals surface area contributed by atoms with Gasteiger partial charge in [0.1, 0.15) is 0 Å². The van der Waals surface area contributed by atoms with Crippen molar-refractivity contribution in [1.82, 2.24) is 4.90 Å². The molecule has 1 rings (SSSR count). The lowest BCUT2D eigenvalue weighted by Gasteiger charge is -2.42. The zero-order valence-corrected chi connectivity index (χ0v) is 15.1. The van der Waals surface area contributed by atoms with E-state index in [1.807, 2.05) is 0 Å². The van der Waals surface area contributed by atoms with E-state index in [2.05, 4.69) is 39.5 Å². The van der Waals surface area contributed by atoms with Crippen molar-refractivity contribution >= 4 is 0 Å². The smallest absolute Gasteiger partial charge is 0.0589 e. The van der Waals surface area contributed by atoms with Crippen LogP contribution in [0.1, 0.15) is 53.9 Å². The molecule has 1 aliphatic rings. The lowest BCUT2D eigenvalue weighted by molar-refractivity contribution is -0.00139. The number of aliphatic hydroxyl groups is 1. The number of rotatable bonds is 7. The highest BCUT2D eigenvalue weighted by atomic mass is 16.5. The molecule has 0 radical (unpaired) electrons. The molecule has 0 amide bonds. The van der Waals surface area contributed by atoms with E-state index in [4.69, 9.17) is 4.74 Å². The van der Waals surface area contributed by atoms with Gasteiger partial charge in [-0.1, -0.05) is 34.6 Å². The van der Waals surface area contributed by atoms with Crippen molar-refractivity contribution in [3.63, 3.8) is 0 Å². The molecule has 1 N–H and O–H groups in total. The molecule has 0 heterocycles. The minimum atomic E-state index is -0.124. The molecule has 3 nitrogen and oxygen atoms in total. The molecule has 21 heavy (non-hydrogen) atoms. The van der Waals surface area contributed by atoms with Crippen LogP contribution in [0.5, 0.6) is 0 Å². The molecule has 1 aliphatic carbocycles. The molecule has 0 aromatic rings. The summed E-state index contributed by atoms with van der Waals surface area (Å²) in [5, 5.41) is 10.4. The first-order valence-electron chi connectivity index (χ1n) is 8.63. The van der Waals surface area contributed by atoms with Crippen molar-refractivity contribution < 1.29 is 9.84 Å². The zero-order chi connectivity index (χ0) is 16.0. The maximum Gasteiger partial charge on any atom is 0.0589 e. The molecule has 3 heteroatoms. The Morgan fingerprint density at radius 2 is 1.90 bits per heavy atom. The Hall–Kier alpha value is -0.120. The molecule has 3 unspecified atom stereocenters. The number of methoxy groups -OCH3 is 1. The van der Waals surface area contributed by atoms with Gasteiger partial charge in [0.25, 0.3) is 0 Å². The van der Waals surface area contributed by atoms with Crippen LogP contribution in [0, 0.1) is 23.2 Å². The highest BCUT2D eigenvalue weighted by molar-refractivity contribution is 4.87. The van der Waals surface area contributed by atoms with Gasteiger partial charge in [0, 0.05) is 26.7 Å². The van der Waals surface area contributed by atoms with Gasteiger partial charge in [-0.15, -0.1) is 0 Å². The Morgan fingerprint density at radius 3 is 2.43 bits per heavy atom. The summed E-state index contributed by atoms with van der Waals surface area (Å²) in [5.74, 6) is 1.80. The van der Waals surface area contributed by atoms with Crippen molar-refractivity contribution in [2.75, 3.05) is 33.4 Å². The number of hydrogen-bond acceptors (Lipinski definition) is 3. The summed E-state index contributed by atoms with van der Waals surface area (Å²) in [5.41, 5.74) is 0.355. The second-order valence-corrected chi connectivity index (χ2v) is 8.35. The van der Waals surface area contributed by atoms with Crippen molar-refractivity contribution in [2.45, 2.75) is 60.0 Å². The predicted molar refractivity (Wildman–Crippen MR) is 89.4 cm³/mol. The third-order valence-electron chi connectivity index (χ3n) is 4.89. The van der Waals surface area contributed by atoms with Gasteiger partial charge in [0.05, 0.1) is 12.7 Å². The van der Waals surface area contributed by atoms with Crippen LogP contribution in [0.15, 0.2) is 0 Å². The van der Waals surface area contributed by atoms with Crippen LogP contribution in [0.4, 0.5) is 0 Å². The second-order valence-electron chi connectivity index (χ2n) is 8.35. The number of nitrogens with zero attached hydrogens (tertiary/aromatic N) is 1. The Kier molecular flexibility index (Phi) is 7.66. The normalized spacial score (nSPS) is 27.6. The van der Waals surface area contributed by atoms with Crippen LogP contribution in [0.2, 0.25) is 0 Å². The summed E-state index contributed by atoms with van der Waals surface area (Å²) in [6.07, 6.45) is 3.17. The van der Waals surface area contributed by atoms with Crippen LogP contribution < -0.4 is 0 Å². The van der Waals surface area contributed by atoms with E-state index < -0.39 is 0 Å². The fourth-order valence-electron chi connectivity index (χ4n) is 3.56. The Balaban J connectivity index is 2.61. The van der Waals surface area contributed by atoms with Gasteiger partial charge in [-0.2, -0.15) is 0 Å². The Bertz CT molecular complexity index is 285. The average Bonchev–Trinajstić information content (AvgIpc) is 2.36. The van der Waals surface area contributed by atoms with E-state index in [0.717, 1.165) is 45.0 Å². The molecule has 0 bridgehead atoms. The first kappa shape index (κ1) is 18.9. The van der Waals surface area contributed by atoms with E-state index in [9.17, 15) is 5.11 Å². The molecular weight excluding hydrogens is 262 g/mol. The average molecular weight is 299 g/mol. The predicted octanol–water partition coefficient (Wildman–Crippen LogP) is 3.41. The quantitative estimate of drug-likeness (QED) is 0.782. The number of hydrogen-bond donors (Lipinski definition) is 1. The molecular formula is C18H37NO2. The van der Waals surface area contributed by atoms with E-state index in [1.165, 1.54) is 6.42 Å². The molecule has 3 atom stereocenters. The molecule has 0 aromatic heterocycles. The topological polar surface area (TPSA) is 32.7 Å². The minimum absolute atomic E-state index is 0.124. The summed E-state index contributed by atoms with van der Waals surface area (Å²) in [4.78, 5) is 2.48. The van der Waals surface area contributed by atoms with E-state index in [0.29, 0.717) is 17.3 Å². The van der Waals surface area contributed by atoms with Crippen LogP contribution in [-0.2, 0) is 4.74 Å². The van der Waals surface area contributed by atoms with Crippen LogP contribution in [0.25, 0.3) is 0 Å². The van der Waals surface area contributed by atoms with Gasteiger partial charge in [-0.3, -0.25) is 0 Å². The first-order valence-corrected chi connectivity index (χ1v) is 8.63. The van der Waals surface area contributed by atoms with Gasteiger partial charge in [0.2, 0.25) is 0 Å². The Labute approximate surface area is 132 Å². The second kappa shape index (κ2) is 8.50. The fraction of sp³-hybridized carbons (Fsp3) is 1.00. The zero-order valence-electron chi connectivity index (χ0n) is 15.1. The third-order valence-corrected chi connectivity index (χ3v) is 4.89. The molecule has 1 fully saturated rings. The van der Waals surface area contributed by atoms with Crippen molar-refractivity contribution in [2.24, 2.45) is 23.2 Å². The standard InChI is InChI=1S/C18H37NO2/c1-14(2)12-19(9-10-21-6)13-15-11-16(18(3,4)5)7-8-17(15)20/h14-17,20H,7-13H2,1-6H3. The highest BCUT2D eigenvalue weighted by Gasteiger charge is 2.35. The van der Waals surface area contributed by atoms with Gasteiger partial charge >= 0.3 is 0 Å². The SMILES string of the molecule is COCCN(CC(C)C)CC1CC(C(C)(C)C)CCC1O. The van der Waals surface area contributed by atoms with Crippen LogP contribution in [-0.4, -0.2) is 49.5 Å². The highest BCUT2D eigenvalue weighted by Crippen LogP contribution is 2.40. The third kappa shape index (κ3) is 6.66. The van der Waals surface area contributed by atoms with Crippen molar-refractivity contribution in [1.29, 1.82) is 0 Å². The van der Waals surface area contributed by atoms with E-state index in [1.54, 1.807) is 7.11 Å². The van der Waals surface area contributed by atoms with Gasteiger partial charge < -0.3 is 14.7 Å². The molecule has 126 valence electrons. The van der Waals surface area contributed by atoms with E-state index in [-0.39, 0.29) is 6.10 Å². The summed E-state index contributed by atoms with van der Waals surface area (Å²) < 4.78 is 5.24. The maximum absolute atomic E-state index is 10.4.